The highest BCUT2D eigenvalue weighted by atomic mass is 16.6. The summed E-state index contributed by atoms with van der Waals surface area (Å²) < 4.78 is 5.23. The zero-order valence-electron chi connectivity index (χ0n) is 16.0. The Labute approximate surface area is 167 Å². The van der Waals surface area contributed by atoms with E-state index in [2.05, 4.69) is 5.32 Å². The number of carbonyl (C=O) groups excluding carboxylic acids is 2. The summed E-state index contributed by atoms with van der Waals surface area (Å²) in [7, 11) is 1.53. The Hall–Kier alpha value is -3.93. The fourth-order valence-corrected chi connectivity index (χ4v) is 2.66. The molecule has 0 aliphatic carbocycles. The number of nitro benzene ring substituents is 1. The third-order valence-corrected chi connectivity index (χ3v) is 4.11. The van der Waals surface area contributed by atoms with Gasteiger partial charge in [0.05, 0.1) is 23.0 Å². The number of anilines is 2. The molecule has 0 saturated heterocycles. The number of hydrogen-bond acceptors (Lipinski definition) is 7. The van der Waals surface area contributed by atoms with Gasteiger partial charge in [-0.2, -0.15) is 5.26 Å². The Morgan fingerprint density at radius 2 is 1.97 bits per heavy atom. The standard InChI is InChI=1S/C20H20N4O5/c1-14(19(25)23(12-6-11-21)16-7-4-3-5-8-16)29-20(26)15-9-10-17(22-2)18(13-15)24(27)28/h3-5,7-10,13-14,22H,6,12H2,1-2H3/t14-/m0/s1. The Bertz CT molecular complexity index is 940. The maximum atomic E-state index is 12.8. The Balaban J connectivity index is 2.19. The lowest BCUT2D eigenvalue weighted by Gasteiger charge is -2.25. The second kappa shape index (κ2) is 9.85. The maximum Gasteiger partial charge on any atom is 0.339 e. The fourth-order valence-electron chi connectivity index (χ4n) is 2.66. The van der Waals surface area contributed by atoms with Crippen LogP contribution in [0.2, 0.25) is 0 Å². The Morgan fingerprint density at radius 3 is 2.55 bits per heavy atom. The van der Waals surface area contributed by atoms with Crippen molar-refractivity contribution < 1.29 is 19.2 Å². The van der Waals surface area contributed by atoms with Gasteiger partial charge in [-0.15, -0.1) is 0 Å². The molecule has 0 saturated carbocycles. The van der Waals surface area contributed by atoms with E-state index in [4.69, 9.17) is 10.00 Å². The second-order valence-electron chi connectivity index (χ2n) is 6.02. The van der Waals surface area contributed by atoms with Crippen molar-refractivity contribution in [3.63, 3.8) is 0 Å². The highest BCUT2D eigenvalue weighted by Gasteiger charge is 2.26. The number of hydrogen-bond donors (Lipinski definition) is 1. The smallest absolute Gasteiger partial charge is 0.339 e. The van der Waals surface area contributed by atoms with Gasteiger partial charge in [0, 0.05) is 25.3 Å². The first-order valence-electron chi connectivity index (χ1n) is 8.79. The molecule has 0 aliphatic heterocycles. The minimum Gasteiger partial charge on any atom is -0.449 e. The van der Waals surface area contributed by atoms with Gasteiger partial charge in [-0.25, -0.2) is 4.79 Å². The summed E-state index contributed by atoms with van der Waals surface area (Å²) in [6, 6.07) is 14.6. The number of carbonyl (C=O) groups is 2. The van der Waals surface area contributed by atoms with E-state index in [1.54, 1.807) is 30.3 Å². The van der Waals surface area contributed by atoms with Crippen molar-refractivity contribution in [1.29, 1.82) is 5.26 Å². The zero-order valence-corrected chi connectivity index (χ0v) is 16.0. The van der Waals surface area contributed by atoms with Crippen LogP contribution in [0.5, 0.6) is 0 Å². The van der Waals surface area contributed by atoms with Crippen LogP contribution < -0.4 is 10.2 Å². The Kier molecular flexibility index (Phi) is 7.26. The third kappa shape index (κ3) is 5.29. The molecule has 2 aromatic rings. The van der Waals surface area contributed by atoms with Gasteiger partial charge in [0.25, 0.3) is 11.6 Å². The molecule has 2 rings (SSSR count). The van der Waals surface area contributed by atoms with Crippen molar-refractivity contribution in [1.82, 2.24) is 0 Å². The van der Waals surface area contributed by atoms with Gasteiger partial charge >= 0.3 is 5.97 Å². The van der Waals surface area contributed by atoms with Crippen LogP contribution in [-0.2, 0) is 9.53 Å². The number of nitro groups is 1. The molecule has 1 N–H and O–H groups in total. The number of amides is 1. The number of rotatable bonds is 8. The summed E-state index contributed by atoms with van der Waals surface area (Å²) in [6.07, 6.45) is -1.04. The summed E-state index contributed by atoms with van der Waals surface area (Å²) >= 11 is 0. The van der Waals surface area contributed by atoms with E-state index >= 15 is 0 Å². The highest BCUT2D eigenvalue weighted by Crippen LogP contribution is 2.25. The van der Waals surface area contributed by atoms with Gasteiger partial charge in [-0.05, 0) is 31.2 Å². The molecule has 2 aromatic carbocycles. The zero-order chi connectivity index (χ0) is 21.4. The monoisotopic (exact) mass is 396 g/mol. The minimum absolute atomic E-state index is 0.0429. The first-order valence-corrected chi connectivity index (χ1v) is 8.79. The molecule has 1 atom stereocenters. The van der Waals surface area contributed by atoms with Crippen LogP contribution >= 0.6 is 0 Å². The Morgan fingerprint density at radius 1 is 1.28 bits per heavy atom. The number of nitrogens with zero attached hydrogens (tertiary/aromatic N) is 3. The summed E-state index contributed by atoms with van der Waals surface area (Å²) in [5.74, 6) is -1.36. The van der Waals surface area contributed by atoms with Crippen molar-refractivity contribution >= 4 is 28.9 Å². The van der Waals surface area contributed by atoms with Crippen LogP contribution in [0.15, 0.2) is 48.5 Å². The normalized spacial score (nSPS) is 11.1. The van der Waals surface area contributed by atoms with Crippen molar-refractivity contribution in [2.75, 3.05) is 23.8 Å². The lowest BCUT2D eigenvalue weighted by Crippen LogP contribution is -2.40. The second-order valence-corrected chi connectivity index (χ2v) is 6.02. The van der Waals surface area contributed by atoms with Crippen LogP contribution in [-0.4, -0.2) is 36.5 Å². The molecule has 0 aromatic heterocycles. The topological polar surface area (TPSA) is 126 Å². The SMILES string of the molecule is CNc1ccc(C(=O)O[C@@H](C)C(=O)N(CCC#N)c2ccccc2)cc1[N+](=O)[O-]. The van der Waals surface area contributed by atoms with Crippen LogP contribution in [0.3, 0.4) is 0 Å². The van der Waals surface area contributed by atoms with Gasteiger partial charge in [0.1, 0.15) is 5.69 Å². The minimum atomic E-state index is -1.15. The van der Waals surface area contributed by atoms with E-state index < -0.39 is 22.9 Å². The van der Waals surface area contributed by atoms with Gasteiger partial charge in [-0.3, -0.25) is 14.9 Å². The van der Waals surface area contributed by atoms with E-state index in [1.807, 2.05) is 6.07 Å². The van der Waals surface area contributed by atoms with Crippen molar-refractivity contribution in [2.24, 2.45) is 0 Å². The molecule has 0 bridgehead atoms. The molecule has 0 aliphatic rings. The summed E-state index contributed by atoms with van der Waals surface area (Å²) in [5, 5.41) is 22.7. The molecular formula is C20H20N4O5. The molecule has 9 heteroatoms. The molecule has 0 heterocycles. The van der Waals surface area contributed by atoms with Gasteiger partial charge in [-0.1, -0.05) is 18.2 Å². The number of nitriles is 1. The summed E-state index contributed by atoms with van der Waals surface area (Å²) in [6.45, 7) is 1.56. The molecule has 9 nitrogen and oxygen atoms in total. The average Bonchev–Trinajstić information content (AvgIpc) is 2.73. The van der Waals surface area contributed by atoms with E-state index in [9.17, 15) is 19.7 Å². The molecule has 0 spiro atoms. The van der Waals surface area contributed by atoms with Gasteiger partial charge < -0.3 is 15.0 Å². The number of ether oxygens (including phenoxy) is 1. The van der Waals surface area contributed by atoms with Crippen molar-refractivity contribution in [3.8, 4) is 6.07 Å². The number of nitrogens with one attached hydrogen (secondary N) is 1. The molecular weight excluding hydrogens is 376 g/mol. The largest absolute Gasteiger partial charge is 0.449 e. The van der Waals surface area contributed by atoms with E-state index in [0.29, 0.717) is 5.69 Å². The van der Waals surface area contributed by atoms with Crippen molar-refractivity contribution in [3.05, 3.63) is 64.2 Å². The van der Waals surface area contributed by atoms with Crippen molar-refractivity contribution in [2.45, 2.75) is 19.4 Å². The highest BCUT2D eigenvalue weighted by molar-refractivity contribution is 5.99. The molecule has 150 valence electrons. The van der Waals surface area contributed by atoms with E-state index in [-0.39, 0.29) is 29.9 Å². The first kappa shape index (κ1) is 21.4. The number of benzene rings is 2. The molecule has 1 amide bonds. The quantitative estimate of drug-likeness (QED) is 0.413. The third-order valence-electron chi connectivity index (χ3n) is 4.11. The van der Waals surface area contributed by atoms with Gasteiger partial charge in [0.2, 0.25) is 0 Å². The lowest BCUT2D eigenvalue weighted by molar-refractivity contribution is -0.384. The molecule has 29 heavy (non-hydrogen) atoms. The predicted molar refractivity (Wildman–Crippen MR) is 107 cm³/mol. The van der Waals surface area contributed by atoms with E-state index in [1.165, 1.54) is 31.0 Å². The van der Waals surface area contributed by atoms with Crippen LogP contribution in [0, 0.1) is 21.4 Å². The van der Waals surface area contributed by atoms with Crippen LogP contribution in [0.4, 0.5) is 17.1 Å². The summed E-state index contributed by atoms with van der Waals surface area (Å²) in [4.78, 5) is 37.1. The predicted octanol–water partition coefficient (Wildman–Crippen LogP) is 3.13. The van der Waals surface area contributed by atoms with Crippen LogP contribution in [0.1, 0.15) is 23.7 Å². The fraction of sp³-hybridized carbons (Fsp3) is 0.250. The number of esters is 1. The molecule has 0 fully saturated rings. The average molecular weight is 396 g/mol. The lowest BCUT2D eigenvalue weighted by atomic mass is 10.1. The van der Waals surface area contributed by atoms with Gasteiger partial charge in [0.15, 0.2) is 6.10 Å². The van der Waals surface area contributed by atoms with Crippen LogP contribution in [0.25, 0.3) is 0 Å². The first-order chi connectivity index (χ1) is 13.9. The molecule has 0 unspecified atom stereocenters. The molecule has 0 radical (unpaired) electrons. The maximum absolute atomic E-state index is 12.8. The summed E-state index contributed by atoms with van der Waals surface area (Å²) in [5.41, 5.74) is 0.506. The van der Waals surface area contributed by atoms with E-state index in [0.717, 1.165) is 6.07 Å². The number of para-hydroxylation sites is 1.